The zero-order valence-electron chi connectivity index (χ0n) is 19.3. The van der Waals surface area contributed by atoms with Gasteiger partial charge in [0.05, 0.1) is 22.1 Å². The Hall–Kier alpha value is -3.04. The summed E-state index contributed by atoms with van der Waals surface area (Å²) in [6, 6.07) is 8.04. The largest absolute Gasteiger partial charge is 0.490 e. The summed E-state index contributed by atoms with van der Waals surface area (Å²) in [4.78, 5) is 37.7. The van der Waals surface area contributed by atoms with Crippen LogP contribution in [0.3, 0.4) is 0 Å². The van der Waals surface area contributed by atoms with E-state index in [1.807, 2.05) is 13.8 Å². The molecule has 0 unspecified atom stereocenters. The summed E-state index contributed by atoms with van der Waals surface area (Å²) in [5.74, 6) is -0.555. The second-order valence-corrected chi connectivity index (χ2v) is 8.46. The molecule has 0 aromatic heterocycles. The normalized spacial score (nSPS) is 12.4. The molecular weight excluding hydrogens is 485 g/mol. The highest BCUT2D eigenvalue weighted by atomic mass is 35.5. The summed E-state index contributed by atoms with van der Waals surface area (Å²) in [6.45, 7) is 5.14. The number of nitrogens with one attached hydrogen (secondary N) is 1. The molecule has 0 aliphatic heterocycles. The first-order valence-corrected chi connectivity index (χ1v) is 11.3. The van der Waals surface area contributed by atoms with Crippen LogP contribution in [-0.4, -0.2) is 47.4 Å². The van der Waals surface area contributed by atoms with Crippen LogP contribution in [0.25, 0.3) is 0 Å². The maximum absolute atomic E-state index is 13.1. The number of carbonyl (C=O) groups is 2. The van der Waals surface area contributed by atoms with Crippen molar-refractivity contribution in [3.8, 4) is 11.5 Å². The van der Waals surface area contributed by atoms with Crippen LogP contribution in [0.5, 0.6) is 11.5 Å². The van der Waals surface area contributed by atoms with E-state index < -0.39 is 23.5 Å². The molecule has 11 heteroatoms. The lowest BCUT2D eigenvalue weighted by atomic mass is 10.1. The van der Waals surface area contributed by atoms with Crippen LogP contribution in [0.15, 0.2) is 36.4 Å². The number of nitrogens with zero attached hydrogens (tertiary/aromatic N) is 2. The van der Waals surface area contributed by atoms with Crippen LogP contribution in [-0.2, 0) is 16.1 Å². The molecule has 34 heavy (non-hydrogen) atoms. The van der Waals surface area contributed by atoms with E-state index in [0.717, 1.165) is 6.42 Å². The first-order valence-electron chi connectivity index (χ1n) is 10.6. The molecule has 0 saturated heterocycles. The van der Waals surface area contributed by atoms with Gasteiger partial charge in [0.15, 0.2) is 6.61 Å². The molecule has 2 amide bonds. The quantitative estimate of drug-likeness (QED) is 0.348. The lowest BCUT2D eigenvalue weighted by Gasteiger charge is -2.29. The molecule has 2 aromatic carbocycles. The summed E-state index contributed by atoms with van der Waals surface area (Å²) in [7, 11) is 1.30. The smallest absolute Gasteiger partial charge is 0.311 e. The Morgan fingerprint density at radius 2 is 1.85 bits per heavy atom. The van der Waals surface area contributed by atoms with E-state index in [1.54, 1.807) is 25.1 Å². The van der Waals surface area contributed by atoms with Gasteiger partial charge in [0.1, 0.15) is 11.8 Å². The van der Waals surface area contributed by atoms with Crippen LogP contribution < -0.4 is 14.8 Å². The summed E-state index contributed by atoms with van der Waals surface area (Å²) in [6.07, 6.45) is 0.740. The summed E-state index contributed by atoms with van der Waals surface area (Å²) >= 11 is 12.1. The molecule has 0 aliphatic rings. The van der Waals surface area contributed by atoms with Crippen LogP contribution in [0.1, 0.15) is 32.8 Å². The molecule has 0 radical (unpaired) electrons. The highest BCUT2D eigenvalue weighted by Gasteiger charge is 2.27. The van der Waals surface area contributed by atoms with Gasteiger partial charge in [-0.2, -0.15) is 0 Å². The molecule has 9 nitrogen and oxygen atoms in total. The molecule has 2 rings (SSSR count). The molecule has 1 N–H and O–H groups in total. The van der Waals surface area contributed by atoms with E-state index in [-0.39, 0.29) is 35.7 Å². The van der Waals surface area contributed by atoms with E-state index in [4.69, 9.17) is 32.7 Å². The van der Waals surface area contributed by atoms with Gasteiger partial charge in [-0.05, 0) is 44.0 Å². The van der Waals surface area contributed by atoms with E-state index in [0.29, 0.717) is 15.6 Å². The number of methoxy groups -OCH3 is 1. The van der Waals surface area contributed by atoms with Gasteiger partial charge in [0.25, 0.3) is 5.91 Å². The van der Waals surface area contributed by atoms with E-state index in [1.165, 1.54) is 30.2 Å². The standard InChI is InChI=1S/C23H27Cl2N3O6/c1-5-14(2)26-23(30)15(3)27(12-16-6-8-18(24)19(25)10-16)22(29)13-34-17-7-9-20(28(31)32)21(11-17)33-4/h6-11,14-15H,5,12-13H2,1-4H3,(H,26,30)/t14-,15+/m0/s1. The molecule has 0 spiro atoms. The van der Waals surface area contributed by atoms with Crippen LogP contribution in [0.4, 0.5) is 5.69 Å². The number of rotatable bonds is 11. The maximum Gasteiger partial charge on any atom is 0.311 e. The Labute approximate surface area is 208 Å². The van der Waals surface area contributed by atoms with Gasteiger partial charge in [-0.15, -0.1) is 0 Å². The molecule has 2 aromatic rings. The Morgan fingerprint density at radius 3 is 2.44 bits per heavy atom. The topological polar surface area (TPSA) is 111 Å². The predicted molar refractivity (Wildman–Crippen MR) is 130 cm³/mol. The van der Waals surface area contributed by atoms with Crippen molar-refractivity contribution < 1.29 is 24.0 Å². The SMILES string of the molecule is CC[C@H](C)NC(=O)[C@@H](C)N(Cc1ccc(Cl)c(Cl)c1)C(=O)COc1ccc([N+](=O)[O-])c(OC)c1. The van der Waals surface area contributed by atoms with Gasteiger partial charge in [0.2, 0.25) is 11.7 Å². The van der Waals surface area contributed by atoms with E-state index in [9.17, 15) is 19.7 Å². The fourth-order valence-electron chi connectivity index (χ4n) is 3.01. The number of carbonyl (C=O) groups excluding carboxylic acids is 2. The second kappa shape index (κ2) is 12.4. The van der Waals surface area contributed by atoms with Crippen molar-refractivity contribution in [1.82, 2.24) is 10.2 Å². The number of nitro benzene ring substituents is 1. The van der Waals surface area contributed by atoms with Gasteiger partial charge in [0, 0.05) is 24.7 Å². The van der Waals surface area contributed by atoms with Crippen molar-refractivity contribution in [1.29, 1.82) is 0 Å². The fraction of sp³-hybridized carbons (Fsp3) is 0.391. The maximum atomic E-state index is 13.1. The number of hydrogen-bond donors (Lipinski definition) is 1. The number of amides is 2. The van der Waals surface area contributed by atoms with Crippen molar-refractivity contribution in [3.63, 3.8) is 0 Å². The third-order valence-electron chi connectivity index (χ3n) is 5.22. The predicted octanol–water partition coefficient (Wildman–Crippen LogP) is 4.62. The third kappa shape index (κ3) is 7.23. The van der Waals surface area contributed by atoms with Crippen molar-refractivity contribution in [3.05, 3.63) is 62.1 Å². The van der Waals surface area contributed by atoms with Crippen molar-refractivity contribution in [2.75, 3.05) is 13.7 Å². The van der Waals surface area contributed by atoms with Crippen molar-refractivity contribution >= 4 is 40.7 Å². The first-order chi connectivity index (χ1) is 16.1. The average Bonchev–Trinajstić information content (AvgIpc) is 2.82. The van der Waals surface area contributed by atoms with Gasteiger partial charge in [-0.1, -0.05) is 36.2 Å². The third-order valence-corrected chi connectivity index (χ3v) is 5.95. The Balaban J connectivity index is 2.23. The summed E-state index contributed by atoms with van der Waals surface area (Å²) < 4.78 is 10.6. The molecule has 0 saturated carbocycles. The van der Waals surface area contributed by atoms with Crippen LogP contribution in [0, 0.1) is 10.1 Å². The lowest BCUT2D eigenvalue weighted by Crippen LogP contribution is -2.50. The Kier molecular flexibility index (Phi) is 9.95. The summed E-state index contributed by atoms with van der Waals surface area (Å²) in [5.41, 5.74) is 0.459. The molecule has 0 bridgehead atoms. The Morgan fingerprint density at radius 1 is 1.15 bits per heavy atom. The molecule has 184 valence electrons. The molecule has 0 heterocycles. The monoisotopic (exact) mass is 511 g/mol. The minimum atomic E-state index is -0.800. The first kappa shape index (κ1) is 27.2. The van der Waals surface area contributed by atoms with E-state index in [2.05, 4.69) is 5.32 Å². The molecule has 0 aliphatic carbocycles. The van der Waals surface area contributed by atoms with E-state index >= 15 is 0 Å². The van der Waals surface area contributed by atoms with Gasteiger partial charge in [-0.25, -0.2) is 0 Å². The van der Waals surface area contributed by atoms with Gasteiger partial charge in [-0.3, -0.25) is 19.7 Å². The molecular formula is C23H27Cl2N3O6. The van der Waals surface area contributed by atoms with Crippen molar-refractivity contribution in [2.45, 2.75) is 45.8 Å². The number of ether oxygens (including phenoxy) is 2. The van der Waals surface area contributed by atoms with Crippen LogP contribution >= 0.6 is 23.2 Å². The fourth-order valence-corrected chi connectivity index (χ4v) is 3.33. The van der Waals surface area contributed by atoms with Gasteiger partial charge < -0.3 is 19.7 Å². The lowest BCUT2D eigenvalue weighted by molar-refractivity contribution is -0.385. The van der Waals surface area contributed by atoms with Crippen molar-refractivity contribution in [2.24, 2.45) is 0 Å². The minimum absolute atomic E-state index is 0.00362. The van der Waals surface area contributed by atoms with Crippen LogP contribution in [0.2, 0.25) is 10.0 Å². The highest BCUT2D eigenvalue weighted by Crippen LogP contribution is 2.31. The highest BCUT2D eigenvalue weighted by molar-refractivity contribution is 6.42. The summed E-state index contributed by atoms with van der Waals surface area (Å²) in [5, 5.41) is 14.7. The zero-order valence-corrected chi connectivity index (χ0v) is 20.9. The number of hydrogen-bond acceptors (Lipinski definition) is 6. The molecule has 0 fully saturated rings. The number of halogens is 2. The molecule has 2 atom stereocenters. The Bertz CT molecular complexity index is 1050. The zero-order chi connectivity index (χ0) is 25.4. The number of benzene rings is 2. The average molecular weight is 512 g/mol. The van der Waals surface area contributed by atoms with Gasteiger partial charge >= 0.3 is 5.69 Å². The second-order valence-electron chi connectivity index (χ2n) is 7.64. The minimum Gasteiger partial charge on any atom is -0.490 e. The number of nitro groups is 1.